The average Bonchev–Trinajstić information content (AvgIpc) is 3.09. The molecule has 25 heavy (non-hydrogen) atoms. The molecule has 0 bridgehead atoms. The quantitative estimate of drug-likeness (QED) is 0.790. The summed E-state index contributed by atoms with van der Waals surface area (Å²) in [5.74, 6) is -0.635. The second kappa shape index (κ2) is 5.51. The first-order valence-corrected chi connectivity index (χ1v) is 7.79. The highest BCUT2D eigenvalue weighted by Crippen LogP contribution is 2.45. The lowest BCUT2D eigenvalue weighted by Crippen LogP contribution is -2.38. The van der Waals surface area contributed by atoms with Crippen LogP contribution in [-0.2, 0) is 16.6 Å². The summed E-state index contributed by atoms with van der Waals surface area (Å²) in [4.78, 5) is 13.0. The van der Waals surface area contributed by atoms with E-state index in [4.69, 9.17) is 4.52 Å². The van der Waals surface area contributed by atoms with Crippen molar-refractivity contribution in [3.63, 3.8) is 0 Å². The summed E-state index contributed by atoms with van der Waals surface area (Å²) >= 11 is 0. The number of carbonyl (C=O) groups excluding carboxylic acids is 1. The van der Waals surface area contributed by atoms with E-state index in [2.05, 4.69) is 10.5 Å². The highest BCUT2D eigenvalue weighted by molar-refractivity contribution is 6.08. The zero-order valence-corrected chi connectivity index (χ0v) is 13.3. The van der Waals surface area contributed by atoms with Crippen LogP contribution in [-0.4, -0.2) is 11.1 Å². The summed E-state index contributed by atoms with van der Waals surface area (Å²) in [5, 5.41) is 6.69. The third-order valence-corrected chi connectivity index (χ3v) is 4.52. The maximum absolute atomic E-state index is 13.9. The molecule has 2 aromatic carbocycles. The number of amides is 1. The molecular formula is C19H14F2N2O2. The van der Waals surface area contributed by atoms with Gasteiger partial charge < -0.3 is 9.84 Å². The molecule has 1 aliphatic heterocycles. The number of hydrogen-bond acceptors (Lipinski definition) is 3. The Bertz CT molecular complexity index is 983. The van der Waals surface area contributed by atoms with Crippen LogP contribution < -0.4 is 5.32 Å². The van der Waals surface area contributed by atoms with Gasteiger partial charge in [-0.15, -0.1) is 0 Å². The lowest BCUT2D eigenvalue weighted by atomic mass is 9.72. The number of fused-ring (bicyclic) bond motifs is 1. The van der Waals surface area contributed by atoms with Crippen molar-refractivity contribution in [3.8, 4) is 0 Å². The van der Waals surface area contributed by atoms with E-state index in [1.165, 1.54) is 24.3 Å². The monoisotopic (exact) mass is 340 g/mol. The molecule has 0 radical (unpaired) electrons. The Morgan fingerprint density at radius 3 is 2.64 bits per heavy atom. The van der Waals surface area contributed by atoms with Crippen molar-refractivity contribution in [1.29, 1.82) is 0 Å². The third kappa shape index (κ3) is 2.41. The average molecular weight is 340 g/mol. The molecule has 1 atom stereocenters. The van der Waals surface area contributed by atoms with E-state index in [0.29, 0.717) is 28.3 Å². The van der Waals surface area contributed by atoms with Crippen LogP contribution in [0.2, 0.25) is 0 Å². The van der Waals surface area contributed by atoms with Gasteiger partial charge in [0, 0.05) is 18.2 Å². The topological polar surface area (TPSA) is 55.1 Å². The summed E-state index contributed by atoms with van der Waals surface area (Å²) < 4.78 is 32.6. The van der Waals surface area contributed by atoms with Crippen molar-refractivity contribution in [2.24, 2.45) is 0 Å². The molecule has 0 saturated carbocycles. The fourth-order valence-electron chi connectivity index (χ4n) is 3.43. The number of aryl methyl sites for hydroxylation is 1. The van der Waals surface area contributed by atoms with E-state index < -0.39 is 17.0 Å². The standard InChI is InChI=1S/C19H14F2N2O2/c1-11-7-15(23-25-11)10-19(12-3-2-4-13(20)8-12)16-6-5-14(21)9-17(16)22-18(19)24/h2-9H,10H2,1H3,(H,22,24). The molecule has 126 valence electrons. The first-order valence-electron chi connectivity index (χ1n) is 7.79. The lowest BCUT2D eigenvalue weighted by molar-refractivity contribution is -0.119. The summed E-state index contributed by atoms with van der Waals surface area (Å²) in [5.41, 5.74) is 0.818. The van der Waals surface area contributed by atoms with E-state index in [-0.39, 0.29) is 12.3 Å². The van der Waals surface area contributed by atoms with Crippen LogP contribution in [0.25, 0.3) is 0 Å². The molecule has 4 rings (SSSR count). The van der Waals surface area contributed by atoms with Gasteiger partial charge in [-0.05, 0) is 42.3 Å². The van der Waals surface area contributed by atoms with Crippen LogP contribution in [0.1, 0.15) is 22.6 Å². The second-order valence-corrected chi connectivity index (χ2v) is 6.17. The van der Waals surface area contributed by atoms with Crippen molar-refractivity contribution >= 4 is 11.6 Å². The van der Waals surface area contributed by atoms with Crippen LogP contribution in [0.5, 0.6) is 0 Å². The molecule has 0 aliphatic carbocycles. The van der Waals surface area contributed by atoms with Gasteiger partial charge in [0.2, 0.25) is 5.91 Å². The maximum atomic E-state index is 13.9. The smallest absolute Gasteiger partial charge is 0.239 e. The summed E-state index contributed by atoms with van der Waals surface area (Å²) in [6.45, 7) is 1.75. The summed E-state index contributed by atoms with van der Waals surface area (Å²) in [6, 6.07) is 11.7. The van der Waals surface area contributed by atoms with Gasteiger partial charge in [-0.1, -0.05) is 23.4 Å². The van der Waals surface area contributed by atoms with Gasteiger partial charge in [0.1, 0.15) is 22.8 Å². The minimum atomic E-state index is -1.20. The Morgan fingerprint density at radius 1 is 1.12 bits per heavy atom. The number of nitrogens with zero attached hydrogens (tertiary/aromatic N) is 1. The van der Waals surface area contributed by atoms with E-state index in [1.807, 2.05) is 0 Å². The van der Waals surface area contributed by atoms with Crippen molar-refractivity contribution in [3.05, 3.63) is 82.7 Å². The highest BCUT2D eigenvalue weighted by atomic mass is 19.1. The molecule has 0 spiro atoms. The van der Waals surface area contributed by atoms with Crippen LogP contribution in [0.4, 0.5) is 14.5 Å². The molecule has 1 aliphatic rings. The third-order valence-electron chi connectivity index (χ3n) is 4.52. The lowest BCUT2D eigenvalue weighted by Gasteiger charge is -2.27. The molecule has 0 saturated heterocycles. The molecule has 0 fully saturated rings. The Hall–Kier alpha value is -3.02. The first-order chi connectivity index (χ1) is 12.0. The van der Waals surface area contributed by atoms with E-state index in [9.17, 15) is 13.6 Å². The minimum absolute atomic E-state index is 0.179. The molecule has 6 heteroatoms. The molecule has 1 N–H and O–H groups in total. The number of rotatable bonds is 3. The fourth-order valence-corrected chi connectivity index (χ4v) is 3.43. The van der Waals surface area contributed by atoms with Gasteiger partial charge in [-0.2, -0.15) is 0 Å². The van der Waals surface area contributed by atoms with E-state index in [0.717, 1.165) is 0 Å². The largest absolute Gasteiger partial charge is 0.361 e. The number of aromatic nitrogens is 1. The molecule has 1 aromatic heterocycles. The molecular weight excluding hydrogens is 326 g/mol. The first kappa shape index (κ1) is 15.5. The van der Waals surface area contributed by atoms with Crippen molar-refractivity contribution in [1.82, 2.24) is 5.16 Å². The number of carbonyl (C=O) groups is 1. The van der Waals surface area contributed by atoms with Gasteiger partial charge in [-0.3, -0.25) is 4.79 Å². The minimum Gasteiger partial charge on any atom is -0.361 e. The van der Waals surface area contributed by atoms with E-state index >= 15 is 0 Å². The molecule has 4 nitrogen and oxygen atoms in total. The van der Waals surface area contributed by atoms with Crippen LogP contribution in [0.3, 0.4) is 0 Å². The van der Waals surface area contributed by atoms with E-state index in [1.54, 1.807) is 31.2 Å². The van der Waals surface area contributed by atoms with Gasteiger partial charge in [-0.25, -0.2) is 8.78 Å². The Kier molecular flexibility index (Phi) is 3.42. The van der Waals surface area contributed by atoms with Crippen molar-refractivity contribution < 1.29 is 18.1 Å². The van der Waals surface area contributed by atoms with Crippen molar-refractivity contribution in [2.45, 2.75) is 18.8 Å². The Balaban J connectivity index is 1.95. The molecule has 3 aromatic rings. The SMILES string of the molecule is Cc1cc(CC2(c3cccc(F)c3)C(=O)Nc3cc(F)ccc32)no1. The van der Waals surface area contributed by atoms with Crippen LogP contribution in [0, 0.1) is 18.6 Å². The predicted octanol–water partition coefficient (Wildman–Crippen LogP) is 3.74. The number of benzene rings is 2. The zero-order chi connectivity index (χ0) is 17.6. The van der Waals surface area contributed by atoms with Gasteiger partial charge in [0.25, 0.3) is 0 Å². The van der Waals surface area contributed by atoms with Crippen LogP contribution in [0.15, 0.2) is 53.1 Å². The Labute approximate surface area is 142 Å². The fraction of sp³-hybridized carbons (Fsp3) is 0.158. The summed E-state index contributed by atoms with van der Waals surface area (Å²) in [6.07, 6.45) is 0.179. The summed E-state index contributed by atoms with van der Waals surface area (Å²) in [7, 11) is 0. The number of hydrogen-bond donors (Lipinski definition) is 1. The molecule has 1 amide bonds. The zero-order valence-electron chi connectivity index (χ0n) is 13.3. The van der Waals surface area contributed by atoms with Crippen molar-refractivity contribution in [2.75, 3.05) is 5.32 Å². The van der Waals surface area contributed by atoms with Gasteiger partial charge in [0.05, 0.1) is 5.69 Å². The normalized spacial score (nSPS) is 18.9. The highest BCUT2D eigenvalue weighted by Gasteiger charge is 2.49. The van der Waals surface area contributed by atoms with Crippen LogP contribution >= 0.6 is 0 Å². The number of anilines is 1. The second-order valence-electron chi connectivity index (χ2n) is 6.17. The molecule has 1 unspecified atom stereocenters. The Morgan fingerprint density at radius 2 is 1.92 bits per heavy atom. The maximum Gasteiger partial charge on any atom is 0.239 e. The predicted molar refractivity (Wildman–Crippen MR) is 87.2 cm³/mol. The number of halogens is 2. The number of nitrogens with one attached hydrogen (secondary N) is 1. The van der Waals surface area contributed by atoms with Gasteiger partial charge in [0.15, 0.2) is 0 Å². The van der Waals surface area contributed by atoms with Gasteiger partial charge >= 0.3 is 0 Å². The molecule has 2 heterocycles.